The summed E-state index contributed by atoms with van der Waals surface area (Å²) in [6, 6.07) is 87.2. The van der Waals surface area contributed by atoms with Crippen LogP contribution < -0.4 is 4.90 Å². The molecule has 0 aliphatic heterocycles. The lowest BCUT2D eigenvalue weighted by Crippen LogP contribution is -2.10. The third-order valence-electron chi connectivity index (χ3n) is 14.8. The van der Waals surface area contributed by atoms with Crippen molar-refractivity contribution in [3.8, 4) is 50.2 Å². The number of fused-ring (bicyclic) bond motifs is 9. The van der Waals surface area contributed by atoms with Crippen LogP contribution in [0.25, 0.3) is 116 Å². The Morgan fingerprint density at radius 3 is 1.71 bits per heavy atom. The van der Waals surface area contributed by atoms with Crippen LogP contribution in [0.15, 0.2) is 251 Å². The lowest BCUT2D eigenvalue weighted by molar-refractivity contribution is 0.669. The summed E-state index contributed by atoms with van der Waals surface area (Å²) in [5.41, 5.74) is 21.9. The minimum Gasteiger partial charge on any atom is -0.456 e. The van der Waals surface area contributed by atoms with E-state index in [4.69, 9.17) is 8.83 Å². The number of hydrogen-bond donors (Lipinski definition) is 0. The average molecular weight is 923 g/mol. The molecule has 0 saturated carbocycles. The van der Waals surface area contributed by atoms with Crippen LogP contribution in [0.2, 0.25) is 0 Å². The number of aromatic nitrogens is 1. The molecule has 0 atom stereocenters. The van der Waals surface area contributed by atoms with E-state index in [0.717, 1.165) is 88.9 Å². The zero-order chi connectivity index (χ0) is 47.9. The van der Waals surface area contributed by atoms with Crippen LogP contribution >= 0.6 is 0 Å². The topological polar surface area (TPSA) is 34.5 Å². The highest BCUT2D eigenvalue weighted by Crippen LogP contribution is 2.46. The van der Waals surface area contributed by atoms with Gasteiger partial charge in [0.05, 0.1) is 22.1 Å². The molecular formula is C68H46N2O2. The second-order valence-corrected chi connectivity index (χ2v) is 18.9. The van der Waals surface area contributed by atoms with E-state index in [9.17, 15) is 0 Å². The van der Waals surface area contributed by atoms with Gasteiger partial charge >= 0.3 is 0 Å². The number of nitrogens with zero attached hydrogens (tertiary/aromatic N) is 2. The van der Waals surface area contributed by atoms with Crippen LogP contribution in [0.5, 0.6) is 0 Å². The first-order valence-electron chi connectivity index (χ1n) is 24.7. The molecule has 4 nitrogen and oxygen atoms in total. The Balaban J connectivity index is 0.916. The van der Waals surface area contributed by atoms with Crippen molar-refractivity contribution in [2.24, 2.45) is 0 Å². The summed E-state index contributed by atoms with van der Waals surface area (Å²) in [4.78, 5) is 2.38. The fourth-order valence-electron chi connectivity index (χ4n) is 11.3. The third kappa shape index (κ3) is 6.68. The average Bonchev–Trinajstić information content (AvgIpc) is 4.12. The van der Waals surface area contributed by atoms with Crippen molar-refractivity contribution < 1.29 is 8.83 Å². The number of para-hydroxylation sites is 4. The lowest BCUT2D eigenvalue weighted by Gasteiger charge is -2.27. The van der Waals surface area contributed by atoms with E-state index in [1.54, 1.807) is 0 Å². The van der Waals surface area contributed by atoms with Crippen molar-refractivity contribution in [1.82, 2.24) is 4.57 Å². The van der Waals surface area contributed by atoms with Crippen LogP contribution in [0.4, 0.5) is 17.1 Å². The molecule has 4 heteroatoms. The van der Waals surface area contributed by atoms with Crippen molar-refractivity contribution in [3.05, 3.63) is 254 Å². The summed E-state index contributed by atoms with van der Waals surface area (Å²) < 4.78 is 15.6. The van der Waals surface area contributed by atoms with Gasteiger partial charge in [0.2, 0.25) is 0 Å². The first kappa shape index (κ1) is 41.6. The van der Waals surface area contributed by atoms with Gasteiger partial charge in [0, 0.05) is 49.6 Å². The van der Waals surface area contributed by atoms with Gasteiger partial charge in [-0.2, -0.15) is 0 Å². The second kappa shape index (κ2) is 16.6. The molecule has 14 aromatic rings. The smallest absolute Gasteiger partial charge is 0.143 e. The van der Waals surface area contributed by atoms with E-state index in [1.807, 2.05) is 12.1 Å². The molecule has 0 fully saturated rings. The number of furan rings is 2. The molecule has 0 spiro atoms. The molecule has 0 N–H and O–H groups in total. The minimum absolute atomic E-state index is 0.833. The zero-order valence-electron chi connectivity index (χ0n) is 39.8. The van der Waals surface area contributed by atoms with Gasteiger partial charge in [0.15, 0.2) is 0 Å². The predicted molar refractivity (Wildman–Crippen MR) is 301 cm³/mol. The fourth-order valence-corrected chi connectivity index (χ4v) is 11.3. The van der Waals surface area contributed by atoms with E-state index >= 15 is 0 Å². The Hall–Kier alpha value is -9.38. The van der Waals surface area contributed by atoms with Gasteiger partial charge in [0.25, 0.3) is 0 Å². The first-order chi connectivity index (χ1) is 35.5. The highest BCUT2D eigenvalue weighted by molar-refractivity contribution is 6.15. The van der Waals surface area contributed by atoms with Crippen LogP contribution in [-0.4, -0.2) is 4.57 Å². The molecule has 0 aliphatic rings. The highest BCUT2D eigenvalue weighted by Gasteiger charge is 2.22. The predicted octanol–water partition coefficient (Wildman–Crippen LogP) is 19.3. The number of aryl methyl sites for hydroxylation is 1. The van der Waals surface area contributed by atoms with Crippen LogP contribution in [0.1, 0.15) is 11.1 Å². The maximum absolute atomic E-state index is 6.73. The summed E-state index contributed by atoms with van der Waals surface area (Å²) in [6.45, 7) is 4.43. The molecule has 11 aromatic carbocycles. The molecule has 0 aliphatic carbocycles. The van der Waals surface area contributed by atoms with Crippen molar-refractivity contribution in [1.29, 1.82) is 0 Å². The largest absolute Gasteiger partial charge is 0.456 e. The van der Waals surface area contributed by atoms with Crippen LogP contribution in [0.3, 0.4) is 0 Å². The van der Waals surface area contributed by atoms with Crippen molar-refractivity contribution in [2.75, 3.05) is 4.90 Å². The van der Waals surface area contributed by atoms with Gasteiger partial charge in [-0.1, -0.05) is 158 Å². The van der Waals surface area contributed by atoms with Gasteiger partial charge in [-0.25, -0.2) is 0 Å². The molecule has 0 radical (unpaired) electrons. The monoisotopic (exact) mass is 922 g/mol. The van der Waals surface area contributed by atoms with Gasteiger partial charge in [-0.3, -0.25) is 0 Å². The number of hydrogen-bond acceptors (Lipinski definition) is 3. The third-order valence-corrected chi connectivity index (χ3v) is 14.8. The molecular weight excluding hydrogens is 877 g/mol. The minimum atomic E-state index is 0.833. The number of rotatable bonds is 8. The van der Waals surface area contributed by atoms with E-state index in [0.29, 0.717) is 0 Å². The number of anilines is 3. The number of benzene rings is 11. The van der Waals surface area contributed by atoms with E-state index in [2.05, 4.69) is 254 Å². The van der Waals surface area contributed by atoms with Crippen LogP contribution in [-0.2, 0) is 0 Å². The zero-order valence-corrected chi connectivity index (χ0v) is 39.8. The Kier molecular flexibility index (Phi) is 9.62. The standard InChI is InChI=1S/C68H46N2O2/c1-43-15-6-7-18-52(43)54-22-12-21-53(44(54)2)45-29-35-50(36-30-45)69(51-37-31-46(32-38-51)55-23-13-24-58-57-20-9-11-27-64(57)72-68(55)58)63-26-14-28-66-67(63)60-42-48(34-40-65(60)71-66)47-33-39-62-59(41-47)56-19-8-10-25-61(56)70(62)49-16-4-3-5-17-49/h3-42H,1-2H3. The Morgan fingerprint density at radius 1 is 0.347 bits per heavy atom. The fraction of sp³-hybridized carbons (Fsp3) is 0.0294. The van der Waals surface area contributed by atoms with E-state index < -0.39 is 0 Å². The van der Waals surface area contributed by atoms with E-state index in [1.165, 1.54) is 55.2 Å². The second-order valence-electron chi connectivity index (χ2n) is 18.9. The summed E-state index contributed by atoms with van der Waals surface area (Å²) in [7, 11) is 0. The van der Waals surface area contributed by atoms with Gasteiger partial charge in [-0.15, -0.1) is 0 Å². The molecule has 14 rings (SSSR count). The Morgan fingerprint density at radius 2 is 0.903 bits per heavy atom. The Labute approximate surface area is 416 Å². The first-order valence-corrected chi connectivity index (χ1v) is 24.7. The molecule has 3 aromatic heterocycles. The summed E-state index contributed by atoms with van der Waals surface area (Å²) in [5, 5.41) is 6.80. The summed E-state index contributed by atoms with van der Waals surface area (Å²) in [5.74, 6) is 0. The van der Waals surface area contributed by atoms with E-state index in [-0.39, 0.29) is 0 Å². The Bertz CT molecular complexity index is 4400. The molecule has 3 heterocycles. The summed E-state index contributed by atoms with van der Waals surface area (Å²) >= 11 is 0. The van der Waals surface area contributed by atoms with Crippen molar-refractivity contribution >= 4 is 82.7 Å². The van der Waals surface area contributed by atoms with Gasteiger partial charge < -0.3 is 18.3 Å². The molecule has 340 valence electrons. The SMILES string of the molecule is Cc1ccccc1-c1cccc(-c2ccc(N(c3ccc(-c4cccc5c4oc4ccccc45)cc3)c3cccc4oc5ccc(-c6ccc7c(c6)c6ccccc6n7-c6ccccc6)cc5c34)cc2)c1C. The highest BCUT2D eigenvalue weighted by atomic mass is 16.3. The van der Waals surface area contributed by atoms with Gasteiger partial charge in [0.1, 0.15) is 22.3 Å². The lowest BCUT2D eigenvalue weighted by atomic mass is 9.91. The van der Waals surface area contributed by atoms with Crippen molar-refractivity contribution in [3.63, 3.8) is 0 Å². The molecule has 0 saturated heterocycles. The molecule has 0 amide bonds. The maximum atomic E-state index is 6.73. The normalized spacial score (nSPS) is 11.8. The van der Waals surface area contributed by atoms with Gasteiger partial charge in [-0.05, 0) is 149 Å². The summed E-state index contributed by atoms with van der Waals surface area (Å²) in [6.07, 6.45) is 0. The molecule has 0 unspecified atom stereocenters. The van der Waals surface area contributed by atoms with Crippen molar-refractivity contribution in [2.45, 2.75) is 13.8 Å². The molecule has 0 bridgehead atoms. The quantitative estimate of drug-likeness (QED) is 0.152. The maximum Gasteiger partial charge on any atom is 0.143 e. The van der Waals surface area contributed by atoms with Crippen LogP contribution in [0, 0.1) is 13.8 Å². The molecule has 72 heavy (non-hydrogen) atoms.